The van der Waals surface area contributed by atoms with Crippen LogP contribution in [0.2, 0.25) is 0 Å². The number of hydrogen-bond acceptors (Lipinski definition) is 2. The van der Waals surface area contributed by atoms with Gasteiger partial charge < -0.3 is 4.90 Å². The molecule has 1 unspecified atom stereocenters. The molecular formula is C23H25N3O. The molecule has 4 nitrogen and oxygen atoms in total. The number of para-hydroxylation sites is 2. The first-order chi connectivity index (χ1) is 13.1. The molecule has 0 spiro atoms. The van der Waals surface area contributed by atoms with Crippen LogP contribution in [0.4, 0.5) is 5.69 Å². The third kappa shape index (κ3) is 3.16. The minimum atomic E-state index is 0.147. The summed E-state index contributed by atoms with van der Waals surface area (Å²) in [5.41, 5.74) is 6.32. The molecule has 4 heteroatoms. The molecule has 2 heterocycles. The summed E-state index contributed by atoms with van der Waals surface area (Å²) in [4.78, 5) is 15.3. The predicted octanol–water partition coefficient (Wildman–Crippen LogP) is 4.40. The lowest BCUT2D eigenvalue weighted by Crippen LogP contribution is -2.43. The topological polar surface area (TPSA) is 38.1 Å². The summed E-state index contributed by atoms with van der Waals surface area (Å²) in [5.74, 6) is 0.147. The van der Waals surface area contributed by atoms with Crippen LogP contribution < -0.4 is 4.90 Å². The van der Waals surface area contributed by atoms with E-state index in [1.807, 2.05) is 59.8 Å². The highest BCUT2D eigenvalue weighted by atomic mass is 16.2. The van der Waals surface area contributed by atoms with Crippen LogP contribution in [0.15, 0.2) is 54.6 Å². The van der Waals surface area contributed by atoms with E-state index in [2.05, 4.69) is 30.2 Å². The van der Waals surface area contributed by atoms with Crippen molar-refractivity contribution in [2.75, 3.05) is 4.90 Å². The van der Waals surface area contributed by atoms with Crippen molar-refractivity contribution in [1.82, 2.24) is 9.78 Å². The van der Waals surface area contributed by atoms with Crippen LogP contribution >= 0.6 is 0 Å². The molecule has 0 saturated heterocycles. The van der Waals surface area contributed by atoms with E-state index in [1.54, 1.807) is 0 Å². The lowest BCUT2D eigenvalue weighted by atomic mass is 9.95. The minimum Gasteiger partial charge on any atom is -0.309 e. The molecule has 1 amide bonds. The van der Waals surface area contributed by atoms with E-state index in [4.69, 9.17) is 0 Å². The Bertz CT molecular complexity index is 975. The molecule has 0 N–H and O–H groups in total. The average molecular weight is 359 g/mol. The summed E-state index contributed by atoms with van der Waals surface area (Å²) in [6.45, 7) is 6.17. The lowest BCUT2D eigenvalue weighted by Gasteiger charge is -2.35. The van der Waals surface area contributed by atoms with Crippen molar-refractivity contribution in [3.63, 3.8) is 0 Å². The zero-order valence-corrected chi connectivity index (χ0v) is 16.1. The molecule has 0 radical (unpaired) electrons. The van der Waals surface area contributed by atoms with Crippen molar-refractivity contribution in [3.05, 3.63) is 77.1 Å². The van der Waals surface area contributed by atoms with Gasteiger partial charge in [-0.3, -0.25) is 4.79 Å². The van der Waals surface area contributed by atoms with Gasteiger partial charge in [0.05, 0.1) is 17.8 Å². The van der Waals surface area contributed by atoms with Gasteiger partial charge in [-0.25, -0.2) is 4.68 Å². The SMILES string of the molecule is Cc1nn(-c2ccccc2)c(C)c1CC(=O)N1c2ccccc2CCC1C. The standard InChI is InChI=1S/C23H25N3O/c1-16-13-14-19-9-7-8-12-22(19)25(16)23(27)15-21-17(2)24-26(18(21)3)20-10-5-4-6-11-20/h4-12,16H,13-15H2,1-3H3. The Kier molecular flexibility index (Phi) is 4.56. The van der Waals surface area contributed by atoms with E-state index in [9.17, 15) is 4.79 Å². The second-order valence-corrected chi connectivity index (χ2v) is 7.35. The molecule has 0 saturated carbocycles. The van der Waals surface area contributed by atoms with Gasteiger partial charge in [-0.1, -0.05) is 36.4 Å². The Morgan fingerprint density at radius 3 is 2.56 bits per heavy atom. The average Bonchev–Trinajstić information content (AvgIpc) is 2.96. The number of aryl methyl sites for hydroxylation is 2. The van der Waals surface area contributed by atoms with Crippen molar-refractivity contribution < 1.29 is 4.79 Å². The summed E-state index contributed by atoms with van der Waals surface area (Å²) < 4.78 is 1.94. The summed E-state index contributed by atoms with van der Waals surface area (Å²) in [7, 11) is 0. The van der Waals surface area contributed by atoms with Crippen molar-refractivity contribution in [2.45, 2.75) is 46.1 Å². The van der Waals surface area contributed by atoms with Gasteiger partial charge in [-0.15, -0.1) is 0 Å². The first-order valence-electron chi connectivity index (χ1n) is 9.56. The van der Waals surface area contributed by atoms with Crippen molar-refractivity contribution >= 4 is 11.6 Å². The van der Waals surface area contributed by atoms with Crippen LogP contribution in [0.1, 0.15) is 35.9 Å². The fourth-order valence-corrected chi connectivity index (χ4v) is 4.06. The number of hydrogen-bond donors (Lipinski definition) is 0. The Balaban J connectivity index is 1.65. The monoisotopic (exact) mass is 359 g/mol. The third-order valence-corrected chi connectivity index (χ3v) is 5.56. The maximum absolute atomic E-state index is 13.3. The number of carbonyl (C=O) groups is 1. The molecule has 0 aliphatic carbocycles. The van der Waals surface area contributed by atoms with Crippen LogP contribution in [-0.4, -0.2) is 21.7 Å². The fourth-order valence-electron chi connectivity index (χ4n) is 4.06. The molecule has 4 rings (SSSR count). The molecular weight excluding hydrogens is 334 g/mol. The van der Waals surface area contributed by atoms with Crippen molar-refractivity contribution in [3.8, 4) is 5.69 Å². The number of nitrogens with zero attached hydrogens (tertiary/aromatic N) is 3. The van der Waals surface area contributed by atoms with Gasteiger partial charge in [0.15, 0.2) is 0 Å². The van der Waals surface area contributed by atoms with Crippen LogP contribution in [0.25, 0.3) is 5.69 Å². The smallest absolute Gasteiger partial charge is 0.231 e. The zero-order chi connectivity index (χ0) is 19.0. The van der Waals surface area contributed by atoms with E-state index in [1.165, 1.54) is 5.56 Å². The zero-order valence-electron chi connectivity index (χ0n) is 16.1. The highest BCUT2D eigenvalue weighted by Gasteiger charge is 2.29. The van der Waals surface area contributed by atoms with Crippen LogP contribution in [-0.2, 0) is 17.6 Å². The van der Waals surface area contributed by atoms with Crippen molar-refractivity contribution in [1.29, 1.82) is 0 Å². The van der Waals surface area contributed by atoms with E-state index in [-0.39, 0.29) is 11.9 Å². The first kappa shape index (κ1) is 17.5. The quantitative estimate of drug-likeness (QED) is 0.695. The van der Waals surface area contributed by atoms with Gasteiger partial charge in [-0.2, -0.15) is 5.10 Å². The number of anilines is 1. The highest BCUT2D eigenvalue weighted by Crippen LogP contribution is 2.31. The van der Waals surface area contributed by atoms with Gasteiger partial charge in [0, 0.05) is 23.0 Å². The number of carbonyl (C=O) groups excluding carboxylic acids is 1. The largest absolute Gasteiger partial charge is 0.309 e. The highest BCUT2D eigenvalue weighted by molar-refractivity contribution is 5.96. The summed E-state index contributed by atoms with van der Waals surface area (Å²) in [6.07, 6.45) is 2.41. The Labute approximate surface area is 160 Å². The lowest BCUT2D eigenvalue weighted by molar-refractivity contribution is -0.118. The van der Waals surface area contributed by atoms with Crippen LogP contribution in [0, 0.1) is 13.8 Å². The molecule has 27 heavy (non-hydrogen) atoms. The molecule has 138 valence electrons. The second kappa shape index (κ2) is 7.03. The van der Waals surface area contributed by atoms with Gasteiger partial charge in [0.25, 0.3) is 0 Å². The Morgan fingerprint density at radius 1 is 1.07 bits per heavy atom. The van der Waals surface area contributed by atoms with E-state index >= 15 is 0 Å². The van der Waals surface area contributed by atoms with E-state index in [0.29, 0.717) is 6.42 Å². The van der Waals surface area contributed by atoms with E-state index in [0.717, 1.165) is 41.2 Å². The summed E-state index contributed by atoms with van der Waals surface area (Å²) >= 11 is 0. The molecule has 1 atom stereocenters. The van der Waals surface area contributed by atoms with Gasteiger partial charge in [0.2, 0.25) is 5.91 Å². The molecule has 0 fully saturated rings. The maximum atomic E-state index is 13.3. The number of rotatable bonds is 3. The molecule has 1 aliphatic heterocycles. The fraction of sp³-hybridized carbons (Fsp3) is 0.304. The van der Waals surface area contributed by atoms with Gasteiger partial charge >= 0.3 is 0 Å². The summed E-state index contributed by atoms with van der Waals surface area (Å²) in [5, 5.41) is 4.69. The van der Waals surface area contributed by atoms with Crippen LogP contribution in [0.3, 0.4) is 0 Å². The van der Waals surface area contributed by atoms with Crippen molar-refractivity contribution in [2.24, 2.45) is 0 Å². The normalized spacial score (nSPS) is 16.3. The maximum Gasteiger partial charge on any atom is 0.231 e. The molecule has 1 aliphatic rings. The van der Waals surface area contributed by atoms with E-state index < -0.39 is 0 Å². The van der Waals surface area contributed by atoms with Crippen LogP contribution in [0.5, 0.6) is 0 Å². The Hall–Kier alpha value is -2.88. The second-order valence-electron chi connectivity index (χ2n) is 7.35. The summed E-state index contributed by atoms with van der Waals surface area (Å²) in [6, 6.07) is 18.6. The van der Waals surface area contributed by atoms with Gasteiger partial charge in [0.1, 0.15) is 0 Å². The predicted molar refractivity (Wildman–Crippen MR) is 108 cm³/mol. The minimum absolute atomic E-state index is 0.147. The third-order valence-electron chi connectivity index (χ3n) is 5.56. The molecule has 1 aromatic heterocycles. The molecule has 0 bridgehead atoms. The number of aromatic nitrogens is 2. The number of amides is 1. The number of benzene rings is 2. The molecule has 3 aromatic rings. The van der Waals surface area contributed by atoms with Gasteiger partial charge in [-0.05, 0) is 57.4 Å². The molecule has 2 aromatic carbocycles. The Morgan fingerprint density at radius 2 is 1.78 bits per heavy atom. The number of fused-ring (bicyclic) bond motifs is 1. The first-order valence-corrected chi connectivity index (χ1v) is 9.56.